The Balaban J connectivity index is 1.72. The van der Waals surface area contributed by atoms with Gasteiger partial charge >= 0.3 is 0 Å². The number of nitrogens with one attached hydrogen (secondary N) is 1. The zero-order valence-corrected chi connectivity index (χ0v) is 15.1. The molecule has 1 N–H and O–H groups in total. The molecule has 0 aliphatic carbocycles. The van der Waals surface area contributed by atoms with E-state index in [9.17, 15) is 14.4 Å². The average Bonchev–Trinajstić information content (AvgIpc) is 2.65. The van der Waals surface area contributed by atoms with Gasteiger partial charge in [-0.2, -0.15) is 0 Å². The van der Waals surface area contributed by atoms with Gasteiger partial charge in [-0.05, 0) is 38.5 Å². The molecule has 2 saturated heterocycles. The summed E-state index contributed by atoms with van der Waals surface area (Å²) in [5, 5.41) is 2.71. The maximum absolute atomic E-state index is 12.5. The smallest absolute Gasteiger partial charge is 0.241 e. The Hall–Kier alpha value is -1.59. The summed E-state index contributed by atoms with van der Waals surface area (Å²) in [6.07, 6.45) is 5.68. The molecule has 2 aliphatic rings. The molecular formula is C18H31N3O3. The predicted octanol–water partition coefficient (Wildman–Crippen LogP) is 1.40. The van der Waals surface area contributed by atoms with Gasteiger partial charge in [0, 0.05) is 38.0 Å². The molecule has 0 saturated carbocycles. The quantitative estimate of drug-likeness (QED) is 0.824. The van der Waals surface area contributed by atoms with Gasteiger partial charge in [0.25, 0.3) is 0 Å². The average molecular weight is 337 g/mol. The van der Waals surface area contributed by atoms with Gasteiger partial charge in [0.1, 0.15) is 0 Å². The maximum Gasteiger partial charge on any atom is 0.241 e. The summed E-state index contributed by atoms with van der Waals surface area (Å²) in [5.74, 6) is 0.149. The number of carbonyl (C=O) groups is 3. The van der Waals surface area contributed by atoms with E-state index in [4.69, 9.17) is 0 Å². The molecule has 136 valence electrons. The minimum atomic E-state index is -0.0685. The van der Waals surface area contributed by atoms with Crippen LogP contribution in [0.4, 0.5) is 0 Å². The van der Waals surface area contributed by atoms with Gasteiger partial charge in [0.2, 0.25) is 17.7 Å². The third-order valence-electron chi connectivity index (χ3n) is 5.34. The fraction of sp³-hybridized carbons (Fsp3) is 0.833. The maximum atomic E-state index is 12.5. The zero-order valence-electron chi connectivity index (χ0n) is 15.1. The van der Waals surface area contributed by atoms with E-state index in [0.29, 0.717) is 13.1 Å². The minimum Gasteiger partial charge on any atom is -0.347 e. The molecule has 2 fully saturated rings. The van der Waals surface area contributed by atoms with Gasteiger partial charge in [0.05, 0.1) is 6.54 Å². The van der Waals surface area contributed by atoms with Crippen LogP contribution in [0.3, 0.4) is 0 Å². The van der Waals surface area contributed by atoms with Crippen molar-refractivity contribution in [3.63, 3.8) is 0 Å². The van der Waals surface area contributed by atoms with E-state index in [1.807, 2.05) is 18.7 Å². The number of carbonyl (C=O) groups excluding carboxylic acids is 3. The number of likely N-dealkylation sites (tertiary alicyclic amines) is 2. The van der Waals surface area contributed by atoms with Crippen molar-refractivity contribution < 1.29 is 14.4 Å². The summed E-state index contributed by atoms with van der Waals surface area (Å²) in [6.45, 7) is 6.88. The van der Waals surface area contributed by atoms with Crippen LogP contribution in [-0.2, 0) is 14.4 Å². The van der Waals surface area contributed by atoms with Crippen LogP contribution in [-0.4, -0.2) is 60.2 Å². The second-order valence-electron chi connectivity index (χ2n) is 7.07. The molecule has 1 atom stereocenters. The van der Waals surface area contributed by atoms with Crippen LogP contribution < -0.4 is 5.32 Å². The Morgan fingerprint density at radius 3 is 2.21 bits per heavy atom. The third-order valence-corrected chi connectivity index (χ3v) is 5.34. The minimum absolute atomic E-state index is 0.0458. The molecule has 2 heterocycles. The van der Waals surface area contributed by atoms with Gasteiger partial charge in [-0.15, -0.1) is 0 Å². The van der Waals surface area contributed by atoms with Crippen LogP contribution in [0.25, 0.3) is 0 Å². The third kappa shape index (κ3) is 4.95. The standard InChI is InChI=1S/C18H31N3O3/c1-3-14(2)17(23)19-13-16(22)20-11-7-15(8-12-20)18(24)21-9-5-4-6-10-21/h14-15H,3-13H2,1-2H3,(H,19,23)/t14-/m1/s1. The van der Waals surface area contributed by atoms with Gasteiger partial charge in [-0.25, -0.2) is 0 Å². The van der Waals surface area contributed by atoms with E-state index in [1.54, 1.807) is 4.90 Å². The Morgan fingerprint density at radius 1 is 1.00 bits per heavy atom. The lowest BCUT2D eigenvalue weighted by molar-refractivity contribution is -0.141. The molecule has 0 aromatic rings. The molecule has 0 unspecified atom stereocenters. The van der Waals surface area contributed by atoms with Crippen molar-refractivity contribution in [2.45, 2.75) is 52.4 Å². The number of nitrogens with zero attached hydrogens (tertiary/aromatic N) is 2. The zero-order chi connectivity index (χ0) is 17.5. The first kappa shape index (κ1) is 18.7. The molecule has 2 aliphatic heterocycles. The van der Waals surface area contributed by atoms with Crippen LogP contribution >= 0.6 is 0 Å². The molecule has 2 rings (SSSR count). The largest absolute Gasteiger partial charge is 0.347 e. The Labute approximate surface area is 144 Å². The lowest BCUT2D eigenvalue weighted by Crippen LogP contribution is -2.48. The molecule has 0 radical (unpaired) electrons. The number of amides is 3. The van der Waals surface area contributed by atoms with Crippen LogP contribution in [0, 0.1) is 11.8 Å². The molecule has 6 heteroatoms. The molecular weight excluding hydrogens is 306 g/mol. The first-order chi connectivity index (χ1) is 11.5. The van der Waals surface area contributed by atoms with Gasteiger partial charge in [-0.1, -0.05) is 13.8 Å². The summed E-state index contributed by atoms with van der Waals surface area (Å²) in [7, 11) is 0. The van der Waals surface area contributed by atoms with Crippen molar-refractivity contribution in [1.82, 2.24) is 15.1 Å². The first-order valence-corrected chi connectivity index (χ1v) is 9.37. The molecule has 0 aromatic carbocycles. The van der Waals surface area contributed by atoms with Crippen LogP contribution in [0.5, 0.6) is 0 Å². The van der Waals surface area contributed by atoms with E-state index in [1.165, 1.54) is 6.42 Å². The number of rotatable bonds is 5. The van der Waals surface area contributed by atoms with Gasteiger partial charge < -0.3 is 15.1 Å². The summed E-state index contributed by atoms with van der Waals surface area (Å²) in [5.41, 5.74) is 0. The van der Waals surface area contributed by atoms with E-state index in [2.05, 4.69) is 5.32 Å². The summed E-state index contributed by atoms with van der Waals surface area (Å²) >= 11 is 0. The topological polar surface area (TPSA) is 69.7 Å². The Kier molecular flexibility index (Phi) is 7.06. The van der Waals surface area contributed by atoms with E-state index >= 15 is 0 Å². The SMILES string of the molecule is CC[C@@H](C)C(=O)NCC(=O)N1CCC(C(=O)N2CCCCC2)CC1. The second kappa shape index (κ2) is 9.04. The monoisotopic (exact) mass is 337 g/mol. The normalized spacial score (nSPS) is 20.6. The fourth-order valence-electron chi connectivity index (χ4n) is 3.38. The van der Waals surface area contributed by atoms with E-state index in [-0.39, 0.29) is 36.1 Å². The highest BCUT2D eigenvalue weighted by Crippen LogP contribution is 2.21. The van der Waals surface area contributed by atoms with E-state index in [0.717, 1.165) is 45.2 Å². The fourth-order valence-corrected chi connectivity index (χ4v) is 3.38. The summed E-state index contributed by atoms with van der Waals surface area (Å²) in [4.78, 5) is 40.2. The lowest BCUT2D eigenvalue weighted by atomic mass is 9.94. The van der Waals surface area contributed by atoms with Crippen LogP contribution in [0.1, 0.15) is 52.4 Å². The molecule has 0 aromatic heterocycles. The summed E-state index contributed by atoms with van der Waals surface area (Å²) in [6, 6.07) is 0. The van der Waals surface area contributed by atoms with E-state index < -0.39 is 0 Å². The van der Waals surface area contributed by atoms with Crippen molar-refractivity contribution in [3.05, 3.63) is 0 Å². The highest BCUT2D eigenvalue weighted by atomic mass is 16.2. The number of piperidine rings is 2. The van der Waals surface area contributed by atoms with Crippen molar-refractivity contribution >= 4 is 17.7 Å². The molecule has 24 heavy (non-hydrogen) atoms. The van der Waals surface area contributed by atoms with Gasteiger partial charge in [-0.3, -0.25) is 14.4 Å². The summed E-state index contributed by atoms with van der Waals surface area (Å²) < 4.78 is 0. The predicted molar refractivity (Wildman–Crippen MR) is 92.2 cm³/mol. The molecule has 6 nitrogen and oxygen atoms in total. The second-order valence-corrected chi connectivity index (χ2v) is 7.07. The molecule has 0 bridgehead atoms. The lowest BCUT2D eigenvalue weighted by Gasteiger charge is -2.35. The Bertz CT molecular complexity index is 452. The molecule has 0 spiro atoms. The first-order valence-electron chi connectivity index (χ1n) is 9.37. The van der Waals surface area contributed by atoms with Crippen LogP contribution in [0.2, 0.25) is 0 Å². The van der Waals surface area contributed by atoms with Crippen molar-refractivity contribution in [2.24, 2.45) is 11.8 Å². The Morgan fingerprint density at radius 2 is 1.62 bits per heavy atom. The number of hydrogen-bond donors (Lipinski definition) is 1. The van der Waals surface area contributed by atoms with Crippen molar-refractivity contribution in [3.8, 4) is 0 Å². The van der Waals surface area contributed by atoms with Gasteiger partial charge in [0.15, 0.2) is 0 Å². The van der Waals surface area contributed by atoms with Crippen LogP contribution in [0.15, 0.2) is 0 Å². The van der Waals surface area contributed by atoms with Crippen molar-refractivity contribution in [1.29, 1.82) is 0 Å². The highest BCUT2D eigenvalue weighted by Gasteiger charge is 2.30. The molecule has 3 amide bonds. The van der Waals surface area contributed by atoms with Crippen molar-refractivity contribution in [2.75, 3.05) is 32.7 Å². The highest BCUT2D eigenvalue weighted by molar-refractivity contribution is 5.86. The number of hydrogen-bond acceptors (Lipinski definition) is 3.